The zero-order valence-electron chi connectivity index (χ0n) is 15.5. The summed E-state index contributed by atoms with van der Waals surface area (Å²) in [6.07, 6.45) is 0. The van der Waals surface area contributed by atoms with Crippen molar-refractivity contribution in [3.8, 4) is 11.5 Å². The Morgan fingerprint density at radius 1 is 1.04 bits per heavy atom. The van der Waals surface area contributed by atoms with Gasteiger partial charge < -0.3 is 10.1 Å². The van der Waals surface area contributed by atoms with E-state index in [1.165, 1.54) is 11.8 Å². The highest BCUT2D eigenvalue weighted by atomic mass is 32.2. The van der Waals surface area contributed by atoms with E-state index in [4.69, 9.17) is 4.74 Å². The second-order valence-electron chi connectivity index (χ2n) is 6.35. The number of rotatable bonds is 7. The Labute approximate surface area is 162 Å². The molecule has 1 heterocycles. The third-order valence-electron chi connectivity index (χ3n) is 3.78. The van der Waals surface area contributed by atoms with Gasteiger partial charge in [-0.05, 0) is 43.3 Å². The SMILES string of the molecule is CC(Sc1n[nH]c(C(C)C)n1)C(=O)Nc1ccc(Oc2ccccc2)cc1. The average molecular weight is 382 g/mol. The first-order valence-corrected chi connectivity index (χ1v) is 9.62. The predicted octanol–water partition coefficient (Wildman–Crippen LogP) is 4.84. The lowest BCUT2D eigenvalue weighted by Crippen LogP contribution is -2.22. The minimum absolute atomic E-state index is 0.104. The van der Waals surface area contributed by atoms with Crippen LogP contribution in [0.3, 0.4) is 0 Å². The minimum Gasteiger partial charge on any atom is -0.457 e. The van der Waals surface area contributed by atoms with Crippen molar-refractivity contribution >= 4 is 23.4 Å². The highest BCUT2D eigenvalue weighted by molar-refractivity contribution is 8.00. The molecule has 0 saturated heterocycles. The molecule has 2 N–H and O–H groups in total. The summed E-state index contributed by atoms with van der Waals surface area (Å²) < 4.78 is 5.75. The molecule has 1 aromatic heterocycles. The second kappa shape index (κ2) is 8.73. The lowest BCUT2D eigenvalue weighted by molar-refractivity contribution is -0.115. The maximum Gasteiger partial charge on any atom is 0.237 e. The van der Waals surface area contributed by atoms with E-state index in [1.54, 1.807) is 0 Å². The Balaban J connectivity index is 1.55. The van der Waals surface area contributed by atoms with Crippen molar-refractivity contribution in [3.05, 3.63) is 60.4 Å². The number of ether oxygens (including phenoxy) is 1. The molecule has 7 heteroatoms. The van der Waals surface area contributed by atoms with Crippen molar-refractivity contribution in [3.63, 3.8) is 0 Å². The van der Waals surface area contributed by atoms with Gasteiger partial charge in [-0.25, -0.2) is 4.98 Å². The topological polar surface area (TPSA) is 79.9 Å². The Morgan fingerprint density at radius 3 is 2.33 bits per heavy atom. The molecule has 1 atom stereocenters. The molecule has 0 radical (unpaired) electrons. The lowest BCUT2D eigenvalue weighted by atomic mass is 10.2. The summed E-state index contributed by atoms with van der Waals surface area (Å²) in [5, 5.41) is 10.2. The van der Waals surface area contributed by atoms with E-state index < -0.39 is 0 Å². The number of aromatic amines is 1. The van der Waals surface area contributed by atoms with Gasteiger partial charge in [0.25, 0.3) is 0 Å². The highest BCUT2D eigenvalue weighted by Crippen LogP contribution is 2.24. The van der Waals surface area contributed by atoms with Crippen LogP contribution in [0.25, 0.3) is 0 Å². The zero-order chi connectivity index (χ0) is 19.2. The fourth-order valence-electron chi connectivity index (χ4n) is 2.26. The summed E-state index contributed by atoms with van der Waals surface area (Å²) in [4.78, 5) is 16.8. The molecular weight excluding hydrogens is 360 g/mol. The molecule has 0 bridgehead atoms. The molecule has 0 fully saturated rings. The summed E-state index contributed by atoms with van der Waals surface area (Å²) in [5.74, 6) is 2.47. The van der Waals surface area contributed by atoms with E-state index in [1.807, 2.05) is 75.4 Å². The Kier molecular flexibility index (Phi) is 6.13. The van der Waals surface area contributed by atoms with Crippen molar-refractivity contribution in [2.24, 2.45) is 0 Å². The summed E-state index contributed by atoms with van der Waals surface area (Å²) in [5.41, 5.74) is 0.714. The van der Waals surface area contributed by atoms with Gasteiger partial charge in [-0.3, -0.25) is 9.89 Å². The smallest absolute Gasteiger partial charge is 0.237 e. The molecule has 2 aromatic carbocycles. The Bertz CT molecular complexity index is 879. The summed E-state index contributed by atoms with van der Waals surface area (Å²) in [7, 11) is 0. The molecule has 0 aliphatic rings. The van der Waals surface area contributed by atoms with E-state index in [9.17, 15) is 4.79 Å². The molecule has 1 unspecified atom stereocenters. The largest absolute Gasteiger partial charge is 0.457 e. The first-order chi connectivity index (χ1) is 13.0. The number of para-hydroxylation sites is 1. The zero-order valence-corrected chi connectivity index (χ0v) is 16.3. The number of aromatic nitrogens is 3. The number of carbonyl (C=O) groups excluding carboxylic acids is 1. The van der Waals surface area contributed by atoms with Gasteiger partial charge in [0.2, 0.25) is 11.1 Å². The van der Waals surface area contributed by atoms with Crippen LogP contribution in [0.1, 0.15) is 32.5 Å². The number of H-pyrrole nitrogens is 1. The van der Waals surface area contributed by atoms with Gasteiger partial charge in [0.05, 0.1) is 5.25 Å². The molecule has 3 rings (SSSR count). The number of benzene rings is 2. The lowest BCUT2D eigenvalue weighted by Gasteiger charge is -2.11. The monoisotopic (exact) mass is 382 g/mol. The van der Waals surface area contributed by atoms with Gasteiger partial charge >= 0.3 is 0 Å². The molecular formula is C20H22N4O2S. The van der Waals surface area contributed by atoms with Gasteiger partial charge in [0.1, 0.15) is 17.3 Å². The number of amides is 1. The third-order valence-corrected chi connectivity index (χ3v) is 4.74. The van der Waals surface area contributed by atoms with Crippen molar-refractivity contribution in [1.29, 1.82) is 0 Å². The van der Waals surface area contributed by atoms with Crippen LogP contribution >= 0.6 is 11.8 Å². The summed E-state index contributed by atoms with van der Waals surface area (Å²) in [6.45, 7) is 5.91. The van der Waals surface area contributed by atoms with E-state index in [0.717, 1.165) is 11.6 Å². The second-order valence-corrected chi connectivity index (χ2v) is 7.65. The number of carbonyl (C=O) groups is 1. The van der Waals surface area contributed by atoms with E-state index in [0.29, 0.717) is 16.6 Å². The predicted molar refractivity (Wildman–Crippen MR) is 107 cm³/mol. The molecule has 0 saturated carbocycles. The summed E-state index contributed by atoms with van der Waals surface area (Å²) >= 11 is 1.32. The van der Waals surface area contributed by atoms with Crippen LogP contribution in [-0.2, 0) is 4.79 Å². The number of hydrogen-bond acceptors (Lipinski definition) is 5. The first kappa shape index (κ1) is 19.0. The Morgan fingerprint density at radius 2 is 1.70 bits per heavy atom. The quantitative estimate of drug-likeness (QED) is 0.572. The van der Waals surface area contributed by atoms with E-state index >= 15 is 0 Å². The van der Waals surface area contributed by atoms with Gasteiger partial charge in [0, 0.05) is 11.6 Å². The molecule has 1 amide bonds. The molecule has 6 nitrogen and oxygen atoms in total. The van der Waals surface area contributed by atoms with Crippen molar-refractivity contribution in [2.75, 3.05) is 5.32 Å². The van der Waals surface area contributed by atoms with Gasteiger partial charge in [-0.1, -0.05) is 43.8 Å². The molecule has 3 aromatic rings. The number of hydrogen-bond donors (Lipinski definition) is 2. The van der Waals surface area contributed by atoms with E-state index in [2.05, 4.69) is 20.5 Å². The van der Waals surface area contributed by atoms with Crippen LogP contribution in [0.2, 0.25) is 0 Å². The highest BCUT2D eigenvalue weighted by Gasteiger charge is 2.18. The van der Waals surface area contributed by atoms with Crippen LogP contribution in [0.4, 0.5) is 5.69 Å². The van der Waals surface area contributed by atoms with Gasteiger partial charge in [-0.2, -0.15) is 0 Å². The van der Waals surface area contributed by atoms with Crippen LogP contribution in [0.5, 0.6) is 11.5 Å². The van der Waals surface area contributed by atoms with Gasteiger partial charge in [-0.15, -0.1) is 5.10 Å². The normalized spacial score (nSPS) is 12.0. The molecule has 140 valence electrons. The van der Waals surface area contributed by atoms with Crippen LogP contribution < -0.4 is 10.1 Å². The average Bonchev–Trinajstić information content (AvgIpc) is 3.13. The maximum absolute atomic E-state index is 12.4. The fourth-order valence-corrected chi connectivity index (χ4v) is 2.99. The van der Waals surface area contributed by atoms with Crippen LogP contribution in [0, 0.1) is 0 Å². The number of nitrogens with one attached hydrogen (secondary N) is 2. The molecule has 0 spiro atoms. The van der Waals surface area contributed by atoms with Crippen molar-refractivity contribution in [1.82, 2.24) is 15.2 Å². The third kappa shape index (κ3) is 5.34. The van der Waals surface area contributed by atoms with Crippen LogP contribution in [0.15, 0.2) is 59.8 Å². The number of anilines is 1. The molecule has 0 aliphatic carbocycles. The molecule has 0 aliphatic heterocycles. The fraction of sp³-hybridized carbons (Fsp3) is 0.250. The number of thioether (sulfide) groups is 1. The number of nitrogens with zero attached hydrogens (tertiary/aromatic N) is 2. The summed E-state index contributed by atoms with van der Waals surface area (Å²) in [6, 6.07) is 16.8. The van der Waals surface area contributed by atoms with E-state index in [-0.39, 0.29) is 17.1 Å². The van der Waals surface area contributed by atoms with Gasteiger partial charge in [0.15, 0.2) is 0 Å². The van der Waals surface area contributed by atoms with Crippen molar-refractivity contribution < 1.29 is 9.53 Å². The maximum atomic E-state index is 12.4. The standard InChI is InChI=1S/C20H22N4O2S/c1-13(2)18-22-20(24-23-18)27-14(3)19(25)21-15-9-11-17(12-10-15)26-16-7-5-4-6-8-16/h4-14H,1-3H3,(H,21,25)(H,22,23,24). The van der Waals surface area contributed by atoms with Crippen LogP contribution in [-0.4, -0.2) is 26.3 Å². The minimum atomic E-state index is -0.318. The molecule has 27 heavy (non-hydrogen) atoms. The Hall–Kier alpha value is -2.80. The first-order valence-electron chi connectivity index (χ1n) is 8.74. The van der Waals surface area contributed by atoms with Crippen molar-refractivity contribution in [2.45, 2.75) is 37.1 Å².